The van der Waals surface area contributed by atoms with Crippen molar-refractivity contribution in [3.8, 4) is 11.4 Å². The number of halogens is 2. The fourth-order valence-corrected chi connectivity index (χ4v) is 3.49. The summed E-state index contributed by atoms with van der Waals surface area (Å²) in [7, 11) is 0. The van der Waals surface area contributed by atoms with Crippen LogP contribution in [-0.2, 0) is 4.79 Å². The van der Waals surface area contributed by atoms with Crippen LogP contribution in [0.2, 0.25) is 0 Å². The molecule has 4 rings (SSSR count). The average molecular weight is 398 g/mol. The van der Waals surface area contributed by atoms with Crippen molar-refractivity contribution < 1.29 is 18.1 Å². The van der Waals surface area contributed by atoms with Gasteiger partial charge in [-0.25, -0.2) is 8.78 Å². The molecule has 1 atom stereocenters. The molecule has 1 N–H and O–H groups in total. The van der Waals surface area contributed by atoms with Crippen molar-refractivity contribution in [1.29, 1.82) is 0 Å². The lowest BCUT2D eigenvalue weighted by Crippen LogP contribution is -2.39. The molecule has 29 heavy (non-hydrogen) atoms. The standard InChI is InChI=1S/C21H20F2N4O2/c22-15-7-9-17(10-8-15)24-19(28)13-27-11-2-1-6-18(27)21-25-20(26-29-21)14-4-3-5-16(23)12-14/h3-5,7-10,12,18H,1-2,6,11,13H2,(H,24,28). The molecule has 0 aliphatic carbocycles. The quantitative estimate of drug-likeness (QED) is 0.698. The van der Waals surface area contributed by atoms with Crippen molar-refractivity contribution in [2.24, 2.45) is 0 Å². The third-order valence-electron chi connectivity index (χ3n) is 4.90. The molecule has 6 nitrogen and oxygen atoms in total. The zero-order valence-corrected chi connectivity index (χ0v) is 15.6. The molecule has 1 aliphatic rings. The van der Waals surface area contributed by atoms with Gasteiger partial charge in [-0.1, -0.05) is 23.7 Å². The van der Waals surface area contributed by atoms with E-state index >= 15 is 0 Å². The summed E-state index contributed by atoms with van der Waals surface area (Å²) in [6, 6.07) is 11.5. The Labute approximate surface area is 166 Å². The predicted octanol–water partition coefficient (Wildman–Crippen LogP) is 4.18. The van der Waals surface area contributed by atoms with Crippen molar-refractivity contribution in [2.45, 2.75) is 25.3 Å². The summed E-state index contributed by atoms with van der Waals surface area (Å²) in [6.07, 6.45) is 2.73. The van der Waals surface area contributed by atoms with E-state index in [1.807, 2.05) is 4.90 Å². The molecule has 1 fully saturated rings. The second-order valence-corrected chi connectivity index (χ2v) is 7.00. The van der Waals surface area contributed by atoms with Crippen LogP contribution in [0.15, 0.2) is 53.1 Å². The average Bonchev–Trinajstić information content (AvgIpc) is 3.20. The van der Waals surface area contributed by atoms with E-state index in [0.717, 1.165) is 25.8 Å². The summed E-state index contributed by atoms with van der Waals surface area (Å²) in [5.41, 5.74) is 1.08. The number of amides is 1. The SMILES string of the molecule is O=C(CN1CCCCC1c1nc(-c2cccc(F)c2)no1)Nc1ccc(F)cc1. The molecule has 1 amide bonds. The lowest BCUT2D eigenvalue weighted by Gasteiger charge is -2.32. The van der Waals surface area contributed by atoms with Crippen molar-refractivity contribution >= 4 is 11.6 Å². The second kappa shape index (κ2) is 8.48. The van der Waals surface area contributed by atoms with Gasteiger partial charge in [-0.3, -0.25) is 9.69 Å². The molecule has 3 aromatic rings. The van der Waals surface area contributed by atoms with Crippen LogP contribution in [-0.4, -0.2) is 34.0 Å². The molecule has 1 aliphatic heterocycles. The molecular formula is C21H20F2N4O2. The highest BCUT2D eigenvalue weighted by atomic mass is 19.1. The molecule has 2 aromatic carbocycles. The van der Waals surface area contributed by atoms with Gasteiger partial charge in [-0.05, 0) is 55.8 Å². The number of hydrogen-bond donors (Lipinski definition) is 1. The highest BCUT2D eigenvalue weighted by Crippen LogP contribution is 2.31. The predicted molar refractivity (Wildman–Crippen MR) is 103 cm³/mol. The van der Waals surface area contributed by atoms with Gasteiger partial charge in [-0.15, -0.1) is 0 Å². The molecule has 1 aromatic heterocycles. The molecule has 0 saturated carbocycles. The minimum Gasteiger partial charge on any atom is -0.337 e. The van der Waals surface area contributed by atoms with Gasteiger partial charge in [0.2, 0.25) is 17.6 Å². The van der Waals surface area contributed by atoms with Crippen molar-refractivity contribution in [3.63, 3.8) is 0 Å². The molecule has 0 bridgehead atoms. The molecule has 0 radical (unpaired) electrons. The third kappa shape index (κ3) is 4.65. The van der Waals surface area contributed by atoms with E-state index in [1.54, 1.807) is 12.1 Å². The molecule has 1 unspecified atom stereocenters. The fraction of sp³-hybridized carbons (Fsp3) is 0.286. The maximum absolute atomic E-state index is 13.5. The Hall–Kier alpha value is -3.13. The first-order chi connectivity index (χ1) is 14.1. The van der Waals surface area contributed by atoms with E-state index in [1.165, 1.54) is 36.4 Å². The first kappa shape index (κ1) is 19.2. The van der Waals surface area contributed by atoms with Gasteiger partial charge >= 0.3 is 0 Å². The molecule has 8 heteroatoms. The first-order valence-corrected chi connectivity index (χ1v) is 9.47. The Bertz CT molecular complexity index is 990. The molecular weight excluding hydrogens is 378 g/mol. The Kier molecular flexibility index (Phi) is 5.62. The summed E-state index contributed by atoms with van der Waals surface area (Å²) in [4.78, 5) is 18.9. The smallest absolute Gasteiger partial charge is 0.244 e. The van der Waals surface area contributed by atoms with Crippen molar-refractivity contribution in [3.05, 3.63) is 66.1 Å². The van der Waals surface area contributed by atoms with Crippen LogP contribution in [0.25, 0.3) is 11.4 Å². The number of nitrogens with zero attached hydrogens (tertiary/aromatic N) is 3. The van der Waals surface area contributed by atoms with Crippen LogP contribution in [0.1, 0.15) is 31.2 Å². The maximum Gasteiger partial charge on any atom is 0.244 e. The number of anilines is 1. The number of benzene rings is 2. The number of hydrogen-bond acceptors (Lipinski definition) is 5. The van der Waals surface area contributed by atoms with E-state index in [2.05, 4.69) is 15.5 Å². The van der Waals surface area contributed by atoms with Crippen molar-refractivity contribution in [2.75, 3.05) is 18.4 Å². The monoisotopic (exact) mass is 398 g/mol. The van der Waals surface area contributed by atoms with Gasteiger partial charge in [0.05, 0.1) is 12.6 Å². The number of carbonyl (C=O) groups is 1. The van der Waals surface area contributed by atoms with Gasteiger partial charge in [0.15, 0.2) is 0 Å². The van der Waals surface area contributed by atoms with E-state index in [9.17, 15) is 13.6 Å². The first-order valence-electron chi connectivity index (χ1n) is 9.47. The van der Waals surface area contributed by atoms with Gasteiger partial charge < -0.3 is 9.84 Å². The highest BCUT2D eigenvalue weighted by molar-refractivity contribution is 5.92. The zero-order chi connectivity index (χ0) is 20.2. The van der Waals surface area contributed by atoms with Crippen molar-refractivity contribution in [1.82, 2.24) is 15.0 Å². The van der Waals surface area contributed by atoms with E-state index in [4.69, 9.17) is 4.52 Å². The summed E-state index contributed by atoms with van der Waals surface area (Å²) >= 11 is 0. The largest absolute Gasteiger partial charge is 0.337 e. The maximum atomic E-state index is 13.5. The van der Waals surface area contributed by atoms with Gasteiger partial charge in [-0.2, -0.15) is 4.98 Å². The van der Waals surface area contributed by atoms with Gasteiger partial charge in [0.25, 0.3) is 0 Å². The van der Waals surface area contributed by atoms with Gasteiger partial charge in [0, 0.05) is 11.3 Å². The van der Waals surface area contributed by atoms with E-state index in [-0.39, 0.29) is 30.1 Å². The van der Waals surface area contributed by atoms with Crippen LogP contribution in [0.3, 0.4) is 0 Å². The van der Waals surface area contributed by atoms with Crippen LogP contribution < -0.4 is 5.32 Å². The van der Waals surface area contributed by atoms with E-state index < -0.39 is 0 Å². The minimum absolute atomic E-state index is 0.153. The normalized spacial score (nSPS) is 17.2. The number of aromatic nitrogens is 2. The summed E-state index contributed by atoms with van der Waals surface area (Å²) in [5.74, 6) is -0.192. The van der Waals surface area contributed by atoms with Crippen LogP contribution in [0, 0.1) is 11.6 Å². The summed E-state index contributed by atoms with van der Waals surface area (Å²) in [5, 5.41) is 6.75. The highest BCUT2D eigenvalue weighted by Gasteiger charge is 2.30. The van der Waals surface area contributed by atoms with E-state index in [0.29, 0.717) is 23.0 Å². The Morgan fingerprint density at radius 2 is 1.97 bits per heavy atom. The lowest BCUT2D eigenvalue weighted by atomic mass is 10.0. The Morgan fingerprint density at radius 1 is 1.14 bits per heavy atom. The van der Waals surface area contributed by atoms with Crippen LogP contribution in [0.4, 0.5) is 14.5 Å². The Balaban J connectivity index is 1.46. The molecule has 150 valence electrons. The minimum atomic E-state index is -0.370. The second-order valence-electron chi connectivity index (χ2n) is 7.00. The fourth-order valence-electron chi connectivity index (χ4n) is 3.49. The number of nitrogens with one attached hydrogen (secondary N) is 1. The molecule has 1 saturated heterocycles. The number of piperidine rings is 1. The summed E-state index contributed by atoms with van der Waals surface area (Å²) in [6.45, 7) is 0.874. The number of carbonyl (C=O) groups excluding carboxylic acids is 1. The third-order valence-corrected chi connectivity index (χ3v) is 4.90. The Morgan fingerprint density at radius 3 is 2.76 bits per heavy atom. The molecule has 0 spiro atoms. The topological polar surface area (TPSA) is 71.3 Å². The van der Waals surface area contributed by atoms with Crippen LogP contribution in [0.5, 0.6) is 0 Å². The van der Waals surface area contributed by atoms with Crippen LogP contribution >= 0.6 is 0 Å². The zero-order valence-electron chi connectivity index (χ0n) is 15.6. The number of rotatable bonds is 5. The molecule has 2 heterocycles. The summed E-state index contributed by atoms with van der Waals surface area (Å²) < 4.78 is 31.9. The van der Waals surface area contributed by atoms with Gasteiger partial charge in [0.1, 0.15) is 11.6 Å². The number of likely N-dealkylation sites (tertiary alicyclic amines) is 1. The lowest BCUT2D eigenvalue weighted by molar-refractivity contribution is -0.118.